The molecule has 0 aliphatic heterocycles. The molecule has 0 bridgehead atoms. The van der Waals surface area contributed by atoms with E-state index in [1.807, 2.05) is 26.0 Å². The Morgan fingerprint density at radius 2 is 2.00 bits per heavy atom. The fraction of sp³-hybridized carbons (Fsp3) is 0.273. The third kappa shape index (κ3) is 1.41. The Balaban J connectivity index is 2.75. The molecular formula is C11H14N4O. The van der Waals surface area contributed by atoms with Gasteiger partial charge in [0.05, 0.1) is 5.69 Å². The van der Waals surface area contributed by atoms with Crippen molar-refractivity contribution < 1.29 is 0 Å². The van der Waals surface area contributed by atoms with Gasteiger partial charge in [0, 0.05) is 12.7 Å². The number of aryl methyl sites for hydroxylation is 1. The van der Waals surface area contributed by atoms with E-state index in [-0.39, 0.29) is 11.2 Å². The molecule has 2 aromatic heterocycles. The molecule has 84 valence electrons. The van der Waals surface area contributed by atoms with Gasteiger partial charge >= 0.3 is 0 Å². The standard InChI is InChI=1S/C11H14N4O/c1-7-5-4-6-9(13-7)15-11(16)10(12)8(2)14(15)3/h4-6H,12H2,1-3H3. The largest absolute Gasteiger partial charge is 0.393 e. The average Bonchev–Trinajstić information content (AvgIpc) is 2.44. The summed E-state index contributed by atoms with van der Waals surface area (Å²) in [7, 11) is 1.79. The van der Waals surface area contributed by atoms with Crippen molar-refractivity contribution in [2.45, 2.75) is 13.8 Å². The molecule has 0 radical (unpaired) electrons. The molecule has 0 fully saturated rings. The predicted molar refractivity (Wildman–Crippen MR) is 62.7 cm³/mol. The highest BCUT2D eigenvalue weighted by Crippen LogP contribution is 2.09. The van der Waals surface area contributed by atoms with E-state index in [2.05, 4.69) is 4.98 Å². The molecule has 0 saturated heterocycles. The van der Waals surface area contributed by atoms with E-state index in [1.54, 1.807) is 17.8 Å². The lowest BCUT2D eigenvalue weighted by Gasteiger charge is -2.07. The normalized spacial score (nSPS) is 10.7. The Bertz CT molecular complexity index is 595. The average molecular weight is 218 g/mol. The van der Waals surface area contributed by atoms with Crippen LogP contribution in [-0.2, 0) is 7.05 Å². The lowest BCUT2D eigenvalue weighted by Crippen LogP contribution is -2.21. The molecule has 0 aliphatic carbocycles. The van der Waals surface area contributed by atoms with Crippen molar-refractivity contribution in [3.63, 3.8) is 0 Å². The SMILES string of the molecule is Cc1cccc(-n2c(=O)c(N)c(C)n2C)n1. The lowest BCUT2D eigenvalue weighted by molar-refractivity contribution is 0.617. The van der Waals surface area contributed by atoms with Crippen molar-refractivity contribution in [3.8, 4) is 5.82 Å². The van der Waals surface area contributed by atoms with Gasteiger partial charge in [0.15, 0.2) is 5.82 Å². The summed E-state index contributed by atoms with van der Waals surface area (Å²) in [6, 6.07) is 5.53. The van der Waals surface area contributed by atoms with Crippen LogP contribution < -0.4 is 11.3 Å². The van der Waals surface area contributed by atoms with Crippen LogP contribution in [0.25, 0.3) is 5.82 Å². The number of pyridine rings is 1. The van der Waals surface area contributed by atoms with Gasteiger partial charge in [0.1, 0.15) is 5.69 Å². The van der Waals surface area contributed by atoms with Crippen molar-refractivity contribution >= 4 is 5.69 Å². The van der Waals surface area contributed by atoms with Gasteiger partial charge in [-0.25, -0.2) is 4.98 Å². The van der Waals surface area contributed by atoms with E-state index in [4.69, 9.17) is 5.73 Å². The summed E-state index contributed by atoms with van der Waals surface area (Å²) in [5, 5.41) is 0. The molecule has 0 amide bonds. The molecule has 16 heavy (non-hydrogen) atoms. The molecule has 5 nitrogen and oxygen atoms in total. The highest BCUT2D eigenvalue weighted by Gasteiger charge is 2.13. The summed E-state index contributed by atoms with van der Waals surface area (Å²) >= 11 is 0. The summed E-state index contributed by atoms with van der Waals surface area (Å²) in [4.78, 5) is 16.2. The van der Waals surface area contributed by atoms with Crippen LogP contribution in [0.3, 0.4) is 0 Å². The minimum atomic E-state index is -0.224. The van der Waals surface area contributed by atoms with Gasteiger partial charge in [-0.2, -0.15) is 4.68 Å². The van der Waals surface area contributed by atoms with Crippen LogP contribution in [0.1, 0.15) is 11.4 Å². The molecule has 2 heterocycles. The second kappa shape index (κ2) is 3.52. The fourth-order valence-corrected chi connectivity index (χ4v) is 1.63. The minimum Gasteiger partial charge on any atom is -0.393 e. The van der Waals surface area contributed by atoms with Crippen LogP contribution in [0.5, 0.6) is 0 Å². The zero-order valence-electron chi connectivity index (χ0n) is 9.56. The van der Waals surface area contributed by atoms with Crippen LogP contribution >= 0.6 is 0 Å². The second-order valence-corrected chi connectivity index (χ2v) is 3.78. The molecule has 0 aliphatic rings. The fourth-order valence-electron chi connectivity index (χ4n) is 1.63. The molecule has 0 saturated carbocycles. The molecule has 5 heteroatoms. The first-order chi connectivity index (χ1) is 7.52. The van der Waals surface area contributed by atoms with Gasteiger partial charge in [-0.05, 0) is 26.0 Å². The van der Waals surface area contributed by atoms with Crippen molar-refractivity contribution in [2.75, 3.05) is 5.73 Å². The number of hydrogen-bond donors (Lipinski definition) is 1. The number of aromatic nitrogens is 3. The van der Waals surface area contributed by atoms with E-state index < -0.39 is 0 Å². The van der Waals surface area contributed by atoms with Crippen molar-refractivity contribution in [2.24, 2.45) is 7.05 Å². The van der Waals surface area contributed by atoms with Gasteiger partial charge in [-0.15, -0.1) is 0 Å². The van der Waals surface area contributed by atoms with Gasteiger partial charge < -0.3 is 5.73 Å². The smallest absolute Gasteiger partial charge is 0.296 e. The Hall–Kier alpha value is -2.04. The summed E-state index contributed by atoms with van der Waals surface area (Å²) in [6.07, 6.45) is 0. The summed E-state index contributed by atoms with van der Waals surface area (Å²) in [5.74, 6) is 0.590. The van der Waals surface area contributed by atoms with Crippen LogP contribution in [0.15, 0.2) is 23.0 Å². The number of nitrogens with two attached hydrogens (primary N) is 1. The molecule has 0 unspecified atom stereocenters. The van der Waals surface area contributed by atoms with Crippen molar-refractivity contribution in [1.82, 2.24) is 14.3 Å². The maximum Gasteiger partial charge on any atom is 0.296 e. The molecule has 0 spiro atoms. The third-order valence-electron chi connectivity index (χ3n) is 2.69. The highest BCUT2D eigenvalue weighted by atomic mass is 16.1. The van der Waals surface area contributed by atoms with Crippen molar-refractivity contribution in [1.29, 1.82) is 0 Å². The Morgan fingerprint density at radius 3 is 2.50 bits per heavy atom. The van der Waals surface area contributed by atoms with Crippen LogP contribution in [0.2, 0.25) is 0 Å². The Kier molecular flexibility index (Phi) is 2.30. The van der Waals surface area contributed by atoms with Gasteiger partial charge in [-0.3, -0.25) is 9.48 Å². The quantitative estimate of drug-likeness (QED) is 0.768. The van der Waals surface area contributed by atoms with Gasteiger partial charge in [-0.1, -0.05) is 6.07 Å². The van der Waals surface area contributed by atoms with Gasteiger partial charge in [0.25, 0.3) is 5.56 Å². The zero-order chi connectivity index (χ0) is 11.9. The summed E-state index contributed by atoms with van der Waals surface area (Å²) in [6.45, 7) is 3.69. The third-order valence-corrected chi connectivity index (χ3v) is 2.69. The maximum absolute atomic E-state index is 11.9. The maximum atomic E-state index is 11.9. The number of anilines is 1. The Labute approximate surface area is 93.1 Å². The predicted octanol–water partition coefficient (Wildman–Crippen LogP) is 0.770. The summed E-state index contributed by atoms with van der Waals surface area (Å²) in [5.41, 5.74) is 7.35. The summed E-state index contributed by atoms with van der Waals surface area (Å²) < 4.78 is 3.18. The van der Waals surface area contributed by atoms with Gasteiger partial charge in [0.2, 0.25) is 0 Å². The van der Waals surface area contributed by atoms with E-state index in [0.717, 1.165) is 11.4 Å². The second-order valence-electron chi connectivity index (χ2n) is 3.78. The van der Waals surface area contributed by atoms with Crippen LogP contribution in [0, 0.1) is 13.8 Å². The van der Waals surface area contributed by atoms with E-state index in [0.29, 0.717) is 5.82 Å². The molecule has 2 rings (SSSR count). The Morgan fingerprint density at radius 1 is 1.31 bits per heavy atom. The number of hydrogen-bond acceptors (Lipinski definition) is 3. The molecule has 0 aromatic carbocycles. The monoisotopic (exact) mass is 218 g/mol. The zero-order valence-corrected chi connectivity index (χ0v) is 9.56. The topological polar surface area (TPSA) is 65.8 Å². The van der Waals surface area contributed by atoms with Crippen molar-refractivity contribution in [3.05, 3.63) is 39.9 Å². The molecule has 2 aromatic rings. The molecule has 2 N–H and O–H groups in total. The number of nitrogens with zero attached hydrogens (tertiary/aromatic N) is 3. The van der Waals surface area contributed by atoms with Crippen LogP contribution in [0.4, 0.5) is 5.69 Å². The van der Waals surface area contributed by atoms with E-state index in [1.165, 1.54) is 4.68 Å². The first-order valence-electron chi connectivity index (χ1n) is 5.00. The first kappa shape index (κ1) is 10.5. The molecule has 0 atom stereocenters. The minimum absolute atomic E-state index is 0.224. The number of rotatable bonds is 1. The molecular weight excluding hydrogens is 204 g/mol. The van der Waals surface area contributed by atoms with Crippen LogP contribution in [-0.4, -0.2) is 14.3 Å². The lowest BCUT2D eigenvalue weighted by atomic mass is 10.4. The number of nitrogen functional groups attached to an aromatic ring is 1. The van der Waals surface area contributed by atoms with E-state index >= 15 is 0 Å². The van der Waals surface area contributed by atoms with E-state index in [9.17, 15) is 4.79 Å². The highest BCUT2D eigenvalue weighted by molar-refractivity contribution is 5.43. The first-order valence-corrected chi connectivity index (χ1v) is 5.00.